The SMILES string of the molecule is CNc1cnc(Cl)cc1CN(C=O)c1cc2c(cc1C)CCC(c1ncccc1F)O2. The van der Waals surface area contributed by atoms with Gasteiger partial charge in [0.2, 0.25) is 6.41 Å². The number of fused-ring (bicyclic) bond motifs is 1. The third-order valence-electron chi connectivity index (χ3n) is 5.42. The van der Waals surface area contributed by atoms with Crippen molar-refractivity contribution in [1.29, 1.82) is 0 Å². The molecule has 0 saturated heterocycles. The molecule has 0 aliphatic carbocycles. The molecule has 1 N–H and O–H groups in total. The number of halogens is 2. The summed E-state index contributed by atoms with van der Waals surface area (Å²) in [5.74, 6) is 0.252. The molecule has 1 atom stereocenters. The lowest BCUT2D eigenvalue weighted by Gasteiger charge is -2.29. The van der Waals surface area contributed by atoms with E-state index in [1.807, 2.05) is 19.1 Å². The summed E-state index contributed by atoms with van der Waals surface area (Å²) in [4.78, 5) is 21.8. The number of benzene rings is 1. The highest BCUT2D eigenvalue weighted by molar-refractivity contribution is 6.29. The predicted molar refractivity (Wildman–Crippen MR) is 118 cm³/mol. The molecular weight excluding hydrogens is 419 g/mol. The van der Waals surface area contributed by atoms with E-state index in [0.29, 0.717) is 35.2 Å². The van der Waals surface area contributed by atoms with Gasteiger partial charge in [0, 0.05) is 19.3 Å². The third-order valence-corrected chi connectivity index (χ3v) is 5.63. The number of ether oxygens (including phenoxy) is 1. The molecule has 0 spiro atoms. The lowest BCUT2D eigenvalue weighted by Crippen LogP contribution is -2.23. The van der Waals surface area contributed by atoms with Crippen molar-refractivity contribution in [3.8, 4) is 5.75 Å². The van der Waals surface area contributed by atoms with Gasteiger partial charge >= 0.3 is 0 Å². The van der Waals surface area contributed by atoms with Crippen LogP contribution in [0.5, 0.6) is 5.75 Å². The van der Waals surface area contributed by atoms with E-state index in [1.54, 1.807) is 36.5 Å². The summed E-state index contributed by atoms with van der Waals surface area (Å²) >= 11 is 6.06. The summed E-state index contributed by atoms with van der Waals surface area (Å²) < 4.78 is 20.3. The zero-order valence-corrected chi connectivity index (χ0v) is 18.0. The quantitative estimate of drug-likeness (QED) is 0.438. The first-order valence-corrected chi connectivity index (χ1v) is 10.3. The van der Waals surface area contributed by atoms with Gasteiger partial charge in [0.25, 0.3) is 0 Å². The summed E-state index contributed by atoms with van der Waals surface area (Å²) in [6, 6.07) is 8.53. The average molecular weight is 441 g/mol. The highest BCUT2D eigenvalue weighted by Crippen LogP contribution is 2.39. The van der Waals surface area contributed by atoms with Crippen LogP contribution >= 0.6 is 11.6 Å². The molecule has 31 heavy (non-hydrogen) atoms. The molecule has 3 aromatic rings. The summed E-state index contributed by atoms with van der Waals surface area (Å²) in [6.45, 7) is 2.26. The van der Waals surface area contributed by atoms with Gasteiger partial charge in [-0.2, -0.15) is 0 Å². The van der Waals surface area contributed by atoms with Gasteiger partial charge in [-0.25, -0.2) is 9.37 Å². The van der Waals surface area contributed by atoms with Gasteiger partial charge < -0.3 is 15.0 Å². The number of carbonyl (C=O) groups excluding carboxylic acids is 1. The smallest absolute Gasteiger partial charge is 0.214 e. The Balaban J connectivity index is 1.65. The molecule has 6 nitrogen and oxygen atoms in total. The molecule has 160 valence electrons. The number of amides is 1. The average Bonchev–Trinajstić information content (AvgIpc) is 2.77. The molecular formula is C23H22ClFN4O2. The first-order valence-electron chi connectivity index (χ1n) is 9.95. The fourth-order valence-corrected chi connectivity index (χ4v) is 4.04. The zero-order valence-electron chi connectivity index (χ0n) is 17.2. The Morgan fingerprint density at radius 1 is 1.35 bits per heavy atom. The van der Waals surface area contributed by atoms with Gasteiger partial charge in [-0.05, 0) is 54.7 Å². The number of pyridine rings is 2. The van der Waals surface area contributed by atoms with E-state index in [4.69, 9.17) is 16.3 Å². The van der Waals surface area contributed by atoms with Gasteiger partial charge in [-0.3, -0.25) is 9.78 Å². The largest absolute Gasteiger partial charge is 0.484 e. The second-order valence-electron chi connectivity index (χ2n) is 7.41. The van der Waals surface area contributed by atoms with E-state index in [9.17, 15) is 9.18 Å². The van der Waals surface area contributed by atoms with E-state index in [2.05, 4.69) is 15.3 Å². The topological polar surface area (TPSA) is 67.4 Å². The first kappa shape index (κ1) is 21.1. The van der Waals surface area contributed by atoms with E-state index in [-0.39, 0.29) is 5.82 Å². The Bertz CT molecular complexity index is 1120. The highest BCUT2D eigenvalue weighted by Gasteiger charge is 2.26. The minimum atomic E-state index is -0.469. The van der Waals surface area contributed by atoms with Crippen LogP contribution in [-0.4, -0.2) is 23.4 Å². The predicted octanol–water partition coefficient (Wildman–Crippen LogP) is 4.85. The zero-order chi connectivity index (χ0) is 22.0. The van der Waals surface area contributed by atoms with Crippen LogP contribution in [-0.2, 0) is 17.8 Å². The molecule has 1 aliphatic rings. The minimum absolute atomic E-state index is 0.299. The van der Waals surface area contributed by atoms with Gasteiger partial charge in [0.05, 0.1) is 24.1 Å². The van der Waals surface area contributed by atoms with E-state index in [1.165, 1.54) is 6.07 Å². The maximum absolute atomic E-state index is 14.2. The number of rotatable bonds is 6. The van der Waals surface area contributed by atoms with E-state index >= 15 is 0 Å². The number of nitrogens with one attached hydrogen (secondary N) is 1. The standard InChI is InChI=1S/C23H22ClFN4O2/c1-14-8-15-5-6-20(23-17(25)4-3-7-27-23)31-21(15)10-19(14)29(13-30)12-16-9-22(24)28-11-18(16)26-2/h3-4,7-11,13,20,26H,5-6,12H2,1-2H3. The third kappa shape index (κ3) is 4.32. The van der Waals surface area contributed by atoms with Crippen LogP contribution in [0.1, 0.15) is 34.9 Å². The second kappa shape index (κ2) is 8.89. The molecule has 1 aromatic carbocycles. The van der Waals surface area contributed by atoms with Gasteiger partial charge in [-0.1, -0.05) is 17.7 Å². The Kier molecular flexibility index (Phi) is 6.04. The fourth-order valence-electron chi connectivity index (χ4n) is 3.86. The molecule has 3 heterocycles. The lowest BCUT2D eigenvalue weighted by molar-refractivity contribution is -0.107. The van der Waals surface area contributed by atoms with Crippen molar-refractivity contribution < 1.29 is 13.9 Å². The monoisotopic (exact) mass is 440 g/mol. The fraction of sp³-hybridized carbons (Fsp3) is 0.261. The van der Waals surface area contributed by atoms with Crippen molar-refractivity contribution in [3.63, 3.8) is 0 Å². The molecule has 1 amide bonds. The van der Waals surface area contributed by atoms with Crippen LogP contribution in [0, 0.1) is 12.7 Å². The Hall–Kier alpha value is -3.19. The van der Waals surface area contributed by atoms with Crippen LogP contribution in [0.25, 0.3) is 0 Å². The number of carbonyl (C=O) groups is 1. The number of nitrogens with zero attached hydrogens (tertiary/aromatic N) is 3. The van der Waals surface area contributed by atoms with E-state index in [0.717, 1.165) is 35.2 Å². The molecule has 2 aromatic heterocycles. The minimum Gasteiger partial charge on any atom is -0.484 e. The molecule has 1 unspecified atom stereocenters. The summed E-state index contributed by atoms with van der Waals surface area (Å²) in [6.07, 6.45) is 4.88. The number of aryl methyl sites for hydroxylation is 2. The Morgan fingerprint density at radius 2 is 2.19 bits per heavy atom. The van der Waals surface area contributed by atoms with Crippen molar-refractivity contribution in [2.45, 2.75) is 32.4 Å². The first-order chi connectivity index (χ1) is 15.0. The molecule has 0 saturated carbocycles. The maximum atomic E-state index is 14.2. The molecule has 0 radical (unpaired) electrons. The summed E-state index contributed by atoms with van der Waals surface area (Å²) in [5, 5.41) is 3.42. The van der Waals surface area contributed by atoms with Crippen molar-refractivity contribution in [2.24, 2.45) is 0 Å². The number of hydrogen-bond donors (Lipinski definition) is 1. The van der Waals surface area contributed by atoms with Crippen LogP contribution in [0.2, 0.25) is 5.15 Å². The highest BCUT2D eigenvalue weighted by atomic mass is 35.5. The Labute approximate surface area is 185 Å². The normalized spacial score (nSPS) is 15.0. The van der Waals surface area contributed by atoms with Gasteiger partial charge in [-0.15, -0.1) is 0 Å². The van der Waals surface area contributed by atoms with Crippen LogP contribution in [0.3, 0.4) is 0 Å². The summed E-state index contributed by atoms with van der Waals surface area (Å²) in [7, 11) is 1.79. The van der Waals surface area contributed by atoms with Crippen LogP contribution in [0.4, 0.5) is 15.8 Å². The summed E-state index contributed by atoms with van der Waals surface area (Å²) in [5.41, 5.74) is 4.61. The van der Waals surface area contributed by atoms with E-state index < -0.39 is 6.10 Å². The molecule has 0 bridgehead atoms. The van der Waals surface area contributed by atoms with Crippen molar-refractivity contribution >= 4 is 29.4 Å². The maximum Gasteiger partial charge on any atom is 0.214 e. The lowest BCUT2D eigenvalue weighted by atomic mass is 9.97. The van der Waals surface area contributed by atoms with Crippen LogP contribution < -0.4 is 15.0 Å². The van der Waals surface area contributed by atoms with Crippen LogP contribution in [0.15, 0.2) is 42.7 Å². The molecule has 0 fully saturated rings. The molecule has 4 rings (SSSR count). The van der Waals surface area contributed by atoms with Crippen molar-refractivity contribution in [3.05, 3.63) is 76.1 Å². The number of anilines is 2. The molecule has 8 heteroatoms. The van der Waals surface area contributed by atoms with Crippen molar-refractivity contribution in [2.75, 3.05) is 17.3 Å². The number of hydrogen-bond acceptors (Lipinski definition) is 5. The van der Waals surface area contributed by atoms with Gasteiger partial charge in [0.1, 0.15) is 28.5 Å². The molecule has 1 aliphatic heterocycles. The van der Waals surface area contributed by atoms with Gasteiger partial charge in [0.15, 0.2) is 0 Å². The number of aromatic nitrogens is 2. The van der Waals surface area contributed by atoms with Crippen molar-refractivity contribution in [1.82, 2.24) is 9.97 Å². The Morgan fingerprint density at radius 3 is 2.94 bits per heavy atom. The second-order valence-corrected chi connectivity index (χ2v) is 7.80.